The third-order valence-electron chi connectivity index (χ3n) is 4.44. The minimum absolute atomic E-state index is 0. The molecule has 1 aliphatic heterocycles. The SMILES string of the molecule is CCNC(=NCc1ccc(OC)c(Br)c1)NCC1(CCO)CCOC1.I. The average molecular weight is 542 g/mol. The Bertz CT molecular complexity index is 581. The van der Waals surface area contributed by atoms with Crippen LogP contribution in [0.15, 0.2) is 27.7 Å². The predicted molar refractivity (Wildman–Crippen MR) is 118 cm³/mol. The van der Waals surface area contributed by atoms with Crippen LogP contribution in [0, 0.1) is 5.41 Å². The van der Waals surface area contributed by atoms with Gasteiger partial charge in [-0.05, 0) is 53.4 Å². The highest BCUT2D eigenvalue weighted by atomic mass is 127. The number of aliphatic imine (C=N–C) groups is 1. The number of guanidine groups is 1. The van der Waals surface area contributed by atoms with Crippen LogP contribution in [0.2, 0.25) is 0 Å². The molecule has 6 nitrogen and oxygen atoms in total. The molecule has 1 fully saturated rings. The molecule has 8 heteroatoms. The van der Waals surface area contributed by atoms with Crippen LogP contribution in [-0.2, 0) is 11.3 Å². The Hall–Kier alpha value is -0.580. The maximum absolute atomic E-state index is 9.34. The maximum Gasteiger partial charge on any atom is 0.191 e. The number of nitrogens with zero attached hydrogens (tertiary/aromatic N) is 1. The van der Waals surface area contributed by atoms with Gasteiger partial charge in [-0.2, -0.15) is 0 Å². The van der Waals surface area contributed by atoms with E-state index in [4.69, 9.17) is 9.47 Å². The predicted octanol–water partition coefficient (Wildman–Crippen LogP) is 2.92. The minimum atomic E-state index is -0.00587. The van der Waals surface area contributed by atoms with Gasteiger partial charge in [-0.25, -0.2) is 4.99 Å². The summed E-state index contributed by atoms with van der Waals surface area (Å²) in [6, 6.07) is 5.96. The number of benzene rings is 1. The first-order chi connectivity index (χ1) is 12.1. The first-order valence-corrected chi connectivity index (χ1v) is 9.45. The molecular formula is C18H29BrIN3O3. The monoisotopic (exact) mass is 541 g/mol. The van der Waals surface area contributed by atoms with E-state index in [1.54, 1.807) is 7.11 Å². The number of rotatable bonds is 8. The number of hydrogen-bond acceptors (Lipinski definition) is 4. The number of nitrogens with one attached hydrogen (secondary N) is 2. The zero-order valence-electron chi connectivity index (χ0n) is 15.4. The Labute approximate surface area is 181 Å². The van der Waals surface area contributed by atoms with Crippen LogP contribution < -0.4 is 15.4 Å². The van der Waals surface area contributed by atoms with Crippen molar-refractivity contribution in [3.63, 3.8) is 0 Å². The lowest BCUT2D eigenvalue weighted by Gasteiger charge is -2.27. The molecule has 1 aromatic carbocycles. The van der Waals surface area contributed by atoms with Crippen molar-refractivity contribution < 1.29 is 14.6 Å². The van der Waals surface area contributed by atoms with Crippen LogP contribution in [0.5, 0.6) is 5.75 Å². The Balaban J connectivity index is 0.00000338. The van der Waals surface area contributed by atoms with Gasteiger partial charge in [0.05, 0.1) is 24.7 Å². The third-order valence-corrected chi connectivity index (χ3v) is 5.06. The molecule has 1 unspecified atom stereocenters. The molecule has 26 heavy (non-hydrogen) atoms. The summed E-state index contributed by atoms with van der Waals surface area (Å²) in [5.41, 5.74) is 1.09. The first kappa shape index (κ1) is 23.5. The topological polar surface area (TPSA) is 75.1 Å². The van der Waals surface area contributed by atoms with Crippen molar-refractivity contribution >= 4 is 45.9 Å². The molecule has 1 saturated heterocycles. The van der Waals surface area contributed by atoms with E-state index in [-0.39, 0.29) is 36.0 Å². The maximum atomic E-state index is 9.34. The molecule has 1 atom stereocenters. The minimum Gasteiger partial charge on any atom is -0.496 e. The zero-order chi connectivity index (χ0) is 18.1. The van der Waals surface area contributed by atoms with E-state index in [1.165, 1.54) is 0 Å². The van der Waals surface area contributed by atoms with Crippen molar-refractivity contribution in [2.75, 3.05) is 40.0 Å². The largest absolute Gasteiger partial charge is 0.496 e. The van der Waals surface area contributed by atoms with Gasteiger partial charge in [0, 0.05) is 31.7 Å². The molecule has 0 radical (unpaired) electrons. The molecule has 2 rings (SSSR count). The van der Waals surface area contributed by atoms with E-state index < -0.39 is 0 Å². The third kappa shape index (κ3) is 6.86. The van der Waals surface area contributed by atoms with Crippen molar-refractivity contribution in [1.82, 2.24) is 10.6 Å². The average Bonchev–Trinajstić information content (AvgIpc) is 3.07. The quantitative estimate of drug-likeness (QED) is 0.268. The fourth-order valence-corrected chi connectivity index (χ4v) is 3.49. The van der Waals surface area contributed by atoms with Crippen LogP contribution in [-0.4, -0.2) is 51.1 Å². The van der Waals surface area contributed by atoms with Crippen LogP contribution >= 0.6 is 39.9 Å². The van der Waals surface area contributed by atoms with Gasteiger partial charge in [0.2, 0.25) is 0 Å². The highest BCUT2D eigenvalue weighted by Gasteiger charge is 2.34. The van der Waals surface area contributed by atoms with E-state index >= 15 is 0 Å². The molecule has 1 heterocycles. The molecule has 1 aromatic rings. The van der Waals surface area contributed by atoms with E-state index in [9.17, 15) is 5.11 Å². The van der Waals surface area contributed by atoms with Crippen molar-refractivity contribution in [1.29, 1.82) is 0 Å². The summed E-state index contributed by atoms with van der Waals surface area (Å²) >= 11 is 3.50. The van der Waals surface area contributed by atoms with Gasteiger partial charge in [0.15, 0.2) is 5.96 Å². The summed E-state index contributed by atoms with van der Waals surface area (Å²) in [5, 5.41) is 16.0. The smallest absolute Gasteiger partial charge is 0.191 e. The number of methoxy groups -OCH3 is 1. The highest BCUT2D eigenvalue weighted by Crippen LogP contribution is 2.31. The lowest BCUT2D eigenvalue weighted by molar-refractivity contribution is 0.127. The lowest BCUT2D eigenvalue weighted by Crippen LogP contribution is -2.44. The summed E-state index contributed by atoms with van der Waals surface area (Å²) in [6.45, 7) is 5.78. The second-order valence-electron chi connectivity index (χ2n) is 6.29. The summed E-state index contributed by atoms with van der Waals surface area (Å²) in [7, 11) is 1.65. The van der Waals surface area contributed by atoms with Gasteiger partial charge in [-0.1, -0.05) is 6.07 Å². The van der Waals surface area contributed by atoms with Gasteiger partial charge >= 0.3 is 0 Å². The number of aliphatic hydroxyl groups is 1. The fourth-order valence-electron chi connectivity index (χ4n) is 2.90. The van der Waals surface area contributed by atoms with Gasteiger partial charge in [-0.3, -0.25) is 0 Å². The first-order valence-electron chi connectivity index (χ1n) is 8.65. The van der Waals surface area contributed by atoms with Crippen LogP contribution in [0.4, 0.5) is 0 Å². The number of aliphatic hydroxyl groups excluding tert-OH is 1. The normalized spacial score (nSPS) is 19.8. The second-order valence-corrected chi connectivity index (χ2v) is 7.15. The highest BCUT2D eigenvalue weighted by molar-refractivity contribution is 14.0. The molecule has 0 aromatic heterocycles. The Morgan fingerprint density at radius 1 is 1.42 bits per heavy atom. The lowest BCUT2D eigenvalue weighted by atomic mass is 9.84. The molecule has 0 amide bonds. The number of hydrogen-bond donors (Lipinski definition) is 3. The van der Waals surface area contributed by atoms with Crippen molar-refractivity contribution in [3.8, 4) is 5.75 Å². The number of halogens is 2. The molecule has 0 saturated carbocycles. The van der Waals surface area contributed by atoms with E-state index in [1.807, 2.05) is 25.1 Å². The zero-order valence-corrected chi connectivity index (χ0v) is 19.3. The van der Waals surface area contributed by atoms with Crippen molar-refractivity contribution in [3.05, 3.63) is 28.2 Å². The molecule has 3 N–H and O–H groups in total. The van der Waals surface area contributed by atoms with E-state index in [0.29, 0.717) is 13.2 Å². The Kier molecular flexibility index (Phi) is 10.8. The molecule has 148 valence electrons. The molecule has 1 aliphatic rings. The number of ether oxygens (including phenoxy) is 2. The molecular weight excluding hydrogens is 513 g/mol. The van der Waals surface area contributed by atoms with Crippen LogP contribution in [0.1, 0.15) is 25.3 Å². The van der Waals surface area contributed by atoms with Crippen molar-refractivity contribution in [2.45, 2.75) is 26.3 Å². The second kappa shape index (κ2) is 12.0. The summed E-state index contributed by atoms with van der Waals surface area (Å²) < 4.78 is 11.7. The fraction of sp³-hybridized carbons (Fsp3) is 0.611. The van der Waals surface area contributed by atoms with Crippen LogP contribution in [0.3, 0.4) is 0 Å². The van der Waals surface area contributed by atoms with Gasteiger partial charge < -0.3 is 25.2 Å². The molecule has 0 bridgehead atoms. The molecule has 0 aliphatic carbocycles. The Morgan fingerprint density at radius 3 is 2.81 bits per heavy atom. The Morgan fingerprint density at radius 2 is 2.23 bits per heavy atom. The van der Waals surface area contributed by atoms with Crippen molar-refractivity contribution in [2.24, 2.45) is 10.4 Å². The van der Waals surface area contributed by atoms with E-state index in [2.05, 4.69) is 31.6 Å². The summed E-state index contributed by atoms with van der Waals surface area (Å²) in [4.78, 5) is 4.66. The molecule has 0 spiro atoms. The summed E-state index contributed by atoms with van der Waals surface area (Å²) in [5.74, 6) is 1.59. The summed E-state index contributed by atoms with van der Waals surface area (Å²) in [6.07, 6.45) is 1.70. The van der Waals surface area contributed by atoms with Gasteiger partial charge in [0.1, 0.15) is 5.75 Å². The van der Waals surface area contributed by atoms with Gasteiger partial charge in [-0.15, -0.1) is 24.0 Å². The standard InChI is InChI=1S/C18H28BrN3O3.HI/c1-3-20-17(22-12-18(6-8-23)7-9-25-13-18)21-11-14-4-5-16(24-2)15(19)10-14;/h4-5,10,23H,3,6-9,11-13H2,1-2H3,(H2,20,21,22);1H. The van der Waals surface area contributed by atoms with Gasteiger partial charge in [0.25, 0.3) is 0 Å². The van der Waals surface area contributed by atoms with Crippen LogP contribution in [0.25, 0.3) is 0 Å². The van der Waals surface area contributed by atoms with E-state index in [0.717, 1.165) is 54.3 Å².